The Bertz CT molecular complexity index is 832. The molecule has 0 aliphatic rings. The Balaban J connectivity index is 1.90. The van der Waals surface area contributed by atoms with Gasteiger partial charge in [-0.15, -0.1) is 0 Å². The van der Waals surface area contributed by atoms with E-state index in [0.29, 0.717) is 17.0 Å². The molecule has 5 heteroatoms. The molecule has 0 amide bonds. The summed E-state index contributed by atoms with van der Waals surface area (Å²) in [6, 6.07) is 12.4. The molecule has 0 radical (unpaired) electrons. The van der Waals surface area contributed by atoms with Crippen LogP contribution in [0.2, 0.25) is 0 Å². The Kier molecular flexibility index (Phi) is 3.23. The minimum Gasteiger partial charge on any atom is -0.436 e. The standard InChI is InChI=1S/C16H12N2O3/c1-11-2-4-12(5-3-11)6-9-16-17-14-8-7-13(18(19)20)10-15(14)21-16/h2-10H,1H3/b9-6+. The van der Waals surface area contributed by atoms with E-state index in [2.05, 4.69) is 4.98 Å². The van der Waals surface area contributed by atoms with Crippen molar-refractivity contribution < 1.29 is 9.34 Å². The van der Waals surface area contributed by atoms with Crippen molar-refractivity contribution in [3.8, 4) is 0 Å². The van der Waals surface area contributed by atoms with Crippen LogP contribution in [0.15, 0.2) is 46.9 Å². The van der Waals surface area contributed by atoms with Crippen LogP contribution in [0, 0.1) is 17.0 Å². The summed E-state index contributed by atoms with van der Waals surface area (Å²) in [6.45, 7) is 2.03. The number of oxazole rings is 1. The minimum absolute atomic E-state index is 0.00675. The van der Waals surface area contributed by atoms with Crippen LogP contribution in [0.5, 0.6) is 0 Å². The zero-order valence-electron chi connectivity index (χ0n) is 11.3. The molecule has 0 spiro atoms. The van der Waals surface area contributed by atoms with E-state index < -0.39 is 4.92 Å². The van der Waals surface area contributed by atoms with E-state index in [1.165, 1.54) is 17.7 Å². The van der Waals surface area contributed by atoms with Gasteiger partial charge < -0.3 is 4.42 Å². The summed E-state index contributed by atoms with van der Waals surface area (Å²) in [5.41, 5.74) is 3.24. The van der Waals surface area contributed by atoms with Crippen LogP contribution in [0.3, 0.4) is 0 Å². The Hall–Kier alpha value is -2.95. The Labute approximate surface area is 120 Å². The second-order valence-corrected chi connectivity index (χ2v) is 4.71. The molecule has 0 atom stereocenters. The number of hydrogen-bond donors (Lipinski definition) is 0. The van der Waals surface area contributed by atoms with E-state index >= 15 is 0 Å². The molecule has 0 fully saturated rings. The van der Waals surface area contributed by atoms with Gasteiger partial charge in [-0.3, -0.25) is 10.1 Å². The van der Waals surface area contributed by atoms with Crippen LogP contribution in [0.4, 0.5) is 5.69 Å². The number of non-ortho nitro benzene ring substituents is 1. The van der Waals surface area contributed by atoms with Crippen LogP contribution >= 0.6 is 0 Å². The molecule has 0 bridgehead atoms. The lowest BCUT2D eigenvalue weighted by atomic mass is 10.1. The molecule has 1 heterocycles. The molecule has 104 valence electrons. The van der Waals surface area contributed by atoms with Crippen LogP contribution in [-0.4, -0.2) is 9.91 Å². The predicted molar refractivity (Wildman–Crippen MR) is 80.8 cm³/mol. The van der Waals surface area contributed by atoms with Gasteiger partial charge in [0.2, 0.25) is 5.89 Å². The zero-order valence-corrected chi connectivity index (χ0v) is 11.3. The molecule has 5 nitrogen and oxygen atoms in total. The minimum atomic E-state index is -0.455. The summed E-state index contributed by atoms with van der Waals surface area (Å²) >= 11 is 0. The SMILES string of the molecule is Cc1ccc(/C=C/c2nc3ccc([N+](=O)[O-])cc3o2)cc1. The summed E-state index contributed by atoms with van der Waals surface area (Å²) in [6.07, 6.45) is 3.63. The van der Waals surface area contributed by atoms with E-state index in [1.807, 2.05) is 37.3 Å². The fourth-order valence-electron chi connectivity index (χ4n) is 1.96. The van der Waals surface area contributed by atoms with Crippen LogP contribution in [0.1, 0.15) is 17.0 Å². The Morgan fingerprint density at radius 1 is 1.14 bits per heavy atom. The van der Waals surface area contributed by atoms with Crippen molar-refractivity contribution in [2.75, 3.05) is 0 Å². The van der Waals surface area contributed by atoms with Gasteiger partial charge in [0, 0.05) is 12.1 Å². The molecule has 3 aromatic rings. The van der Waals surface area contributed by atoms with Gasteiger partial charge in [-0.25, -0.2) is 4.98 Å². The predicted octanol–water partition coefficient (Wildman–Crippen LogP) is 4.21. The number of fused-ring (bicyclic) bond motifs is 1. The number of hydrogen-bond acceptors (Lipinski definition) is 4. The number of aryl methyl sites for hydroxylation is 1. The topological polar surface area (TPSA) is 69.2 Å². The van der Waals surface area contributed by atoms with Crippen molar-refractivity contribution in [1.82, 2.24) is 4.98 Å². The van der Waals surface area contributed by atoms with Gasteiger partial charge in [-0.1, -0.05) is 29.8 Å². The number of nitro groups is 1. The lowest BCUT2D eigenvalue weighted by Crippen LogP contribution is -1.86. The summed E-state index contributed by atoms with van der Waals surface area (Å²) < 4.78 is 5.50. The fourth-order valence-corrected chi connectivity index (χ4v) is 1.96. The Morgan fingerprint density at radius 2 is 1.90 bits per heavy atom. The molecule has 1 aromatic heterocycles. The third-order valence-corrected chi connectivity index (χ3v) is 3.10. The number of nitro benzene ring substituents is 1. The highest BCUT2D eigenvalue weighted by Gasteiger charge is 2.10. The second-order valence-electron chi connectivity index (χ2n) is 4.71. The van der Waals surface area contributed by atoms with E-state index in [0.717, 1.165) is 5.56 Å². The van der Waals surface area contributed by atoms with E-state index in [4.69, 9.17) is 4.42 Å². The molecule has 0 aliphatic heterocycles. The van der Waals surface area contributed by atoms with Gasteiger partial charge in [0.1, 0.15) is 5.52 Å². The fraction of sp³-hybridized carbons (Fsp3) is 0.0625. The maximum Gasteiger partial charge on any atom is 0.273 e. The first-order valence-corrected chi connectivity index (χ1v) is 6.41. The van der Waals surface area contributed by atoms with Gasteiger partial charge >= 0.3 is 0 Å². The highest BCUT2D eigenvalue weighted by atomic mass is 16.6. The van der Waals surface area contributed by atoms with E-state index in [-0.39, 0.29) is 5.69 Å². The maximum atomic E-state index is 10.7. The molecule has 0 unspecified atom stereocenters. The zero-order chi connectivity index (χ0) is 14.8. The van der Waals surface area contributed by atoms with E-state index in [9.17, 15) is 10.1 Å². The lowest BCUT2D eigenvalue weighted by molar-refractivity contribution is -0.384. The van der Waals surface area contributed by atoms with Gasteiger partial charge in [-0.05, 0) is 24.6 Å². The molecular formula is C16H12N2O3. The second kappa shape index (κ2) is 5.20. The number of nitrogens with zero attached hydrogens (tertiary/aromatic N) is 2. The maximum absolute atomic E-state index is 10.7. The number of aromatic nitrogens is 1. The summed E-state index contributed by atoms with van der Waals surface area (Å²) in [7, 11) is 0. The first-order valence-electron chi connectivity index (χ1n) is 6.41. The summed E-state index contributed by atoms with van der Waals surface area (Å²) in [5.74, 6) is 0.422. The van der Waals surface area contributed by atoms with Crippen LogP contribution in [-0.2, 0) is 0 Å². The first-order chi connectivity index (χ1) is 10.1. The van der Waals surface area contributed by atoms with Crippen molar-refractivity contribution in [3.05, 3.63) is 69.6 Å². The molecule has 0 saturated heterocycles. The molecule has 0 N–H and O–H groups in total. The number of rotatable bonds is 3. The van der Waals surface area contributed by atoms with Gasteiger partial charge in [0.05, 0.1) is 11.0 Å². The van der Waals surface area contributed by atoms with Gasteiger partial charge in [0.15, 0.2) is 5.58 Å². The molecule has 0 aliphatic carbocycles. The average molecular weight is 280 g/mol. The van der Waals surface area contributed by atoms with E-state index in [1.54, 1.807) is 12.1 Å². The average Bonchev–Trinajstić information content (AvgIpc) is 2.88. The third-order valence-electron chi connectivity index (χ3n) is 3.10. The quantitative estimate of drug-likeness (QED) is 0.532. The third kappa shape index (κ3) is 2.81. The largest absolute Gasteiger partial charge is 0.436 e. The van der Waals surface area contributed by atoms with Crippen molar-refractivity contribution in [2.24, 2.45) is 0 Å². The van der Waals surface area contributed by atoms with Crippen molar-refractivity contribution in [3.63, 3.8) is 0 Å². The van der Waals surface area contributed by atoms with Crippen LogP contribution < -0.4 is 0 Å². The molecular weight excluding hydrogens is 268 g/mol. The molecule has 21 heavy (non-hydrogen) atoms. The number of benzene rings is 2. The van der Waals surface area contributed by atoms with Gasteiger partial charge in [-0.2, -0.15) is 0 Å². The Morgan fingerprint density at radius 3 is 2.62 bits per heavy atom. The van der Waals surface area contributed by atoms with Gasteiger partial charge in [0.25, 0.3) is 5.69 Å². The smallest absolute Gasteiger partial charge is 0.273 e. The van der Waals surface area contributed by atoms with Crippen LogP contribution in [0.25, 0.3) is 23.3 Å². The van der Waals surface area contributed by atoms with Crippen molar-refractivity contribution >= 4 is 28.9 Å². The molecule has 3 rings (SSSR count). The normalized spacial score (nSPS) is 11.3. The first kappa shape index (κ1) is 13.1. The van der Waals surface area contributed by atoms with Crippen molar-refractivity contribution in [1.29, 1.82) is 0 Å². The highest BCUT2D eigenvalue weighted by Crippen LogP contribution is 2.22. The summed E-state index contributed by atoms with van der Waals surface area (Å²) in [4.78, 5) is 14.5. The summed E-state index contributed by atoms with van der Waals surface area (Å²) in [5, 5.41) is 10.7. The monoisotopic (exact) mass is 280 g/mol. The molecule has 0 saturated carbocycles. The molecule has 2 aromatic carbocycles. The van der Waals surface area contributed by atoms with Crippen molar-refractivity contribution in [2.45, 2.75) is 6.92 Å². The lowest BCUT2D eigenvalue weighted by Gasteiger charge is -1.93. The highest BCUT2D eigenvalue weighted by molar-refractivity contribution is 5.78.